The van der Waals surface area contributed by atoms with E-state index < -0.39 is 0 Å². The molecule has 1 unspecified atom stereocenters. The van der Waals surface area contributed by atoms with E-state index in [2.05, 4.69) is 15.3 Å². The number of amides is 1. The van der Waals surface area contributed by atoms with Crippen LogP contribution in [0.15, 0.2) is 42.5 Å². The van der Waals surface area contributed by atoms with E-state index in [1.54, 1.807) is 13.2 Å². The van der Waals surface area contributed by atoms with Crippen LogP contribution in [0.5, 0.6) is 5.75 Å². The summed E-state index contributed by atoms with van der Waals surface area (Å²) in [5.41, 5.74) is 3.44. The Hall–Kier alpha value is -2.82. The van der Waals surface area contributed by atoms with Gasteiger partial charge in [0, 0.05) is 11.6 Å². The number of aryl methyl sites for hydroxylation is 1. The zero-order chi connectivity index (χ0) is 17.1. The van der Waals surface area contributed by atoms with Crippen molar-refractivity contribution in [3.8, 4) is 5.75 Å². The Bertz CT molecular complexity index is 870. The molecule has 3 aromatic rings. The van der Waals surface area contributed by atoms with Gasteiger partial charge in [-0.3, -0.25) is 4.79 Å². The van der Waals surface area contributed by atoms with E-state index in [0.717, 1.165) is 28.2 Å². The predicted octanol–water partition coefficient (Wildman–Crippen LogP) is 3.24. The molecule has 1 amide bonds. The first-order chi connectivity index (χ1) is 11.6. The van der Waals surface area contributed by atoms with Crippen molar-refractivity contribution in [1.82, 2.24) is 15.3 Å². The number of hydrogen-bond acceptors (Lipinski definition) is 3. The van der Waals surface area contributed by atoms with Gasteiger partial charge in [0.15, 0.2) is 0 Å². The molecule has 0 aliphatic carbocycles. The van der Waals surface area contributed by atoms with Crippen LogP contribution in [0.1, 0.15) is 28.7 Å². The second-order valence-corrected chi connectivity index (χ2v) is 5.94. The number of benzene rings is 2. The number of rotatable bonds is 5. The maximum absolute atomic E-state index is 12.5. The third-order valence-electron chi connectivity index (χ3n) is 3.96. The van der Waals surface area contributed by atoms with E-state index in [4.69, 9.17) is 4.74 Å². The molecular formula is C19H21N3O2. The van der Waals surface area contributed by atoms with Gasteiger partial charge in [0.1, 0.15) is 11.6 Å². The van der Waals surface area contributed by atoms with Crippen molar-refractivity contribution in [3.05, 3.63) is 59.4 Å². The van der Waals surface area contributed by atoms with Crippen LogP contribution in [0.25, 0.3) is 11.0 Å². The number of nitrogens with zero attached hydrogens (tertiary/aromatic N) is 1. The van der Waals surface area contributed by atoms with Crippen molar-refractivity contribution in [1.29, 1.82) is 0 Å². The van der Waals surface area contributed by atoms with Gasteiger partial charge in [-0.15, -0.1) is 0 Å². The van der Waals surface area contributed by atoms with Gasteiger partial charge in [0.05, 0.1) is 18.1 Å². The topological polar surface area (TPSA) is 67.0 Å². The van der Waals surface area contributed by atoms with E-state index in [9.17, 15) is 4.79 Å². The molecule has 0 spiro atoms. The number of imidazole rings is 1. The fourth-order valence-corrected chi connectivity index (χ4v) is 2.84. The highest BCUT2D eigenvalue weighted by atomic mass is 16.5. The van der Waals surface area contributed by atoms with E-state index in [-0.39, 0.29) is 11.9 Å². The number of aromatic nitrogens is 2. The Balaban J connectivity index is 1.70. The van der Waals surface area contributed by atoms with E-state index in [1.165, 1.54) is 0 Å². The molecule has 0 bridgehead atoms. The second-order valence-electron chi connectivity index (χ2n) is 5.94. The summed E-state index contributed by atoms with van der Waals surface area (Å²) in [5.74, 6) is 1.59. The molecule has 124 valence electrons. The van der Waals surface area contributed by atoms with Crippen LogP contribution in [0.3, 0.4) is 0 Å². The normalized spacial score (nSPS) is 12.1. The molecule has 5 heteroatoms. The summed E-state index contributed by atoms with van der Waals surface area (Å²) in [4.78, 5) is 20.0. The van der Waals surface area contributed by atoms with Crippen LogP contribution in [0.4, 0.5) is 0 Å². The van der Waals surface area contributed by atoms with E-state index in [1.807, 2.05) is 50.2 Å². The standard InChI is InChI=1S/C19H21N3O2/c1-12(10-14-6-4-5-7-18(14)24-3)20-19(23)15-8-9-16-17(11-15)22-13(2)21-16/h4-9,11-12H,10H2,1-3H3,(H,20,23)(H,21,22). The molecule has 0 aliphatic heterocycles. The van der Waals surface area contributed by atoms with Crippen LogP contribution in [0.2, 0.25) is 0 Å². The third-order valence-corrected chi connectivity index (χ3v) is 3.96. The average Bonchev–Trinajstić information content (AvgIpc) is 2.94. The zero-order valence-electron chi connectivity index (χ0n) is 14.1. The van der Waals surface area contributed by atoms with Crippen molar-refractivity contribution < 1.29 is 9.53 Å². The lowest BCUT2D eigenvalue weighted by molar-refractivity contribution is 0.0940. The Labute approximate surface area is 141 Å². The Kier molecular flexibility index (Phi) is 4.51. The van der Waals surface area contributed by atoms with Gasteiger partial charge in [0.25, 0.3) is 5.91 Å². The zero-order valence-corrected chi connectivity index (χ0v) is 14.1. The van der Waals surface area contributed by atoms with Crippen LogP contribution >= 0.6 is 0 Å². The summed E-state index contributed by atoms with van der Waals surface area (Å²) in [6, 6.07) is 13.3. The summed E-state index contributed by atoms with van der Waals surface area (Å²) in [6.07, 6.45) is 0.709. The summed E-state index contributed by atoms with van der Waals surface area (Å²) in [7, 11) is 1.66. The number of nitrogens with one attached hydrogen (secondary N) is 2. The molecule has 0 aliphatic rings. The first kappa shape index (κ1) is 16.1. The van der Waals surface area contributed by atoms with Crippen molar-refractivity contribution in [3.63, 3.8) is 0 Å². The summed E-state index contributed by atoms with van der Waals surface area (Å²) in [5, 5.41) is 3.04. The van der Waals surface area contributed by atoms with E-state index >= 15 is 0 Å². The molecule has 1 aromatic heterocycles. The van der Waals surface area contributed by atoms with Gasteiger partial charge in [-0.1, -0.05) is 18.2 Å². The molecule has 3 rings (SSSR count). The molecule has 1 atom stereocenters. The predicted molar refractivity (Wildman–Crippen MR) is 94.5 cm³/mol. The minimum atomic E-state index is -0.0912. The number of para-hydroxylation sites is 1. The Morgan fingerprint density at radius 3 is 2.88 bits per heavy atom. The maximum Gasteiger partial charge on any atom is 0.251 e. The molecule has 0 radical (unpaired) electrons. The van der Waals surface area contributed by atoms with Gasteiger partial charge in [0.2, 0.25) is 0 Å². The molecule has 0 saturated heterocycles. The first-order valence-corrected chi connectivity index (χ1v) is 7.96. The largest absolute Gasteiger partial charge is 0.496 e. The van der Waals surface area contributed by atoms with Gasteiger partial charge < -0.3 is 15.0 Å². The Morgan fingerprint density at radius 1 is 1.29 bits per heavy atom. The number of H-pyrrole nitrogens is 1. The minimum absolute atomic E-state index is 0.00648. The quantitative estimate of drug-likeness (QED) is 0.757. The molecule has 1 heterocycles. The summed E-state index contributed by atoms with van der Waals surface area (Å²) < 4.78 is 5.36. The van der Waals surface area contributed by atoms with Crippen LogP contribution in [-0.2, 0) is 6.42 Å². The number of methoxy groups -OCH3 is 1. The number of hydrogen-bond donors (Lipinski definition) is 2. The lowest BCUT2D eigenvalue weighted by Gasteiger charge is -2.16. The summed E-state index contributed by atoms with van der Waals surface area (Å²) >= 11 is 0. The van der Waals surface area contributed by atoms with Crippen LogP contribution < -0.4 is 10.1 Å². The lowest BCUT2D eigenvalue weighted by Crippen LogP contribution is -2.34. The second kappa shape index (κ2) is 6.74. The SMILES string of the molecule is COc1ccccc1CC(C)NC(=O)c1ccc2nc(C)[nH]c2c1. The first-order valence-electron chi connectivity index (χ1n) is 7.96. The van der Waals surface area contributed by atoms with Crippen molar-refractivity contribution >= 4 is 16.9 Å². The third kappa shape index (κ3) is 3.40. The van der Waals surface area contributed by atoms with Gasteiger partial charge in [-0.2, -0.15) is 0 Å². The maximum atomic E-state index is 12.5. The van der Waals surface area contributed by atoms with Crippen molar-refractivity contribution in [2.24, 2.45) is 0 Å². The van der Waals surface area contributed by atoms with Crippen LogP contribution in [-0.4, -0.2) is 29.0 Å². The number of fused-ring (bicyclic) bond motifs is 1. The fraction of sp³-hybridized carbons (Fsp3) is 0.263. The highest BCUT2D eigenvalue weighted by Gasteiger charge is 2.13. The van der Waals surface area contributed by atoms with Crippen molar-refractivity contribution in [2.45, 2.75) is 26.3 Å². The molecule has 5 nitrogen and oxygen atoms in total. The molecule has 2 aromatic carbocycles. The monoisotopic (exact) mass is 323 g/mol. The molecular weight excluding hydrogens is 302 g/mol. The molecule has 24 heavy (non-hydrogen) atoms. The number of aromatic amines is 1. The van der Waals surface area contributed by atoms with Gasteiger partial charge in [-0.05, 0) is 50.1 Å². The number of ether oxygens (including phenoxy) is 1. The fourth-order valence-electron chi connectivity index (χ4n) is 2.84. The Morgan fingerprint density at radius 2 is 2.08 bits per heavy atom. The van der Waals surface area contributed by atoms with Gasteiger partial charge in [-0.25, -0.2) is 4.98 Å². The van der Waals surface area contributed by atoms with Crippen molar-refractivity contribution in [2.75, 3.05) is 7.11 Å². The smallest absolute Gasteiger partial charge is 0.251 e. The number of carbonyl (C=O) groups excluding carboxylic acids is 1. The highest BCUT2D eigenvalue weighted by Crippen LogP contribution is 2.19. The lowest BCUT2D eigenvalue weighted by atomic mass is 10.1. The highest BCUT2D eigenvalue weighted by molar-refractivity contribution is 5.97. The summed E-state index contributed by atoms with van der Waals surface area (Å²) in [6.45, 7) is 3.89. The molecule has 2 N–H and O–H groups in total. The minimum Gasteiger partial charge on any atom is -0.496 e. The molecule has 0 fully saturated rings. The van der Waals surface area contributed by atoms with Gasteiger partial charge >= 0.3 is 0 Å². The van der Waals surface area contributed by atoms with E-state index in [0.29, 0.717) is 12.0 Å². The average molecular weight is 323 g/mol. The number of carbonyl (C=O) groups is 1. The van der Waals surface area contributed by atoms with Crippen LogP contribution in [0, 0.1) is 6.92 Å². The molecule has 0 saturated carbocycles.